The van der Waals surface area contributed by atoms with Gasteiger partial charge in [-0.3, -0.25) is 4.79 Å². The van der Waals surface area contributed by atoms with E-state index in [1.807, 2.05) is 19.1 Å². The first kappa shape index (κ1) is 19.1. The molecule has 0 aromatic heterocycles. The zero-order valence-corrected chi connectivity index (χ0v) is 15.4. The molecule has 134 valence electrons. The van der Waals surface area contributed by atoms with Crippen molar-refractivity contribution in [2.45, 2.75) is 51.6 Å². The molecule has 1 atom stereocenters. The number of ether oxygens (including phenoxy) is 1. The van der Waals surface area contributed by atoms with Crippen LogP contribution < -0.4 is 10.1 Å². The molecule has 0 aliphatic carbocycles. The summed E-state index contributed by atoms with van der Waals surface area (Å²) in [5.41, 5.74) is 0. The maximum atomic E-state index is 12.3. The zero-order valence-electron chi connectivity index (χ0n) is 14.6. The minimum Gasteiger partial charge on any atom is -0.479 e. The molecular formula is C19H29ClN2O2. The standard InChI is InChI=1S/C19H29ClN2O2/c1-2-17(24-18-11-6-5-10-16(18)20)19(23)21-12-9-15-22-13-7-3-4-8-14-22/h5-6,10-11,17H,2-4,7-9,12-15H2,1H3,(H,21,23)/t17-/m0/s1. The van der Waals surface area contributed by atoms with Gasteiger partial charge in [0.05, 0.1) is 5.02 Å². The van der Waals surface area contributed by atoms with Crippen molar-refractivity contribution in [3.63, 3.8) is 0 Å². The Balaban J connectivity index is 1.70. The van der Waals surface area contributed by atoms with Crippen molar-refractivity contribution in [3.8, 4) is 5.75 Å². The third-order valence-corrected chi connectivity index (χ3v) is 4.73. The first-order chi connectivity index (χ1) is 11.7. The van der Waals surface area contributed by atoms with Gasteiger partial charge in [0.1, 0.15) is 5.75 Å². The molecule has 1 aliphatic rings. The van der Waals surface area contributed by atoms with Crippen LogP contribution in [0.3, 0.4) is 0 Å². The second-order valence-corrected chi connectivity index (χ2v) is 6.75. The molecule has 0 saturated carbocycles. The Morgan fingerprint density at radius 3 is 2.62 bits per heavy atom. The van der Waals surface area contributed by atoms with Crippen molar-refractivity contribution in [2.75, 3.05) is 26.2 Å². The lowest BCUT2D eigenvalue weighted by molar-refractivity contribution is -0.128. The van der Waals surface area contributed by atoms with Crippen molar-refractivity contribution >= 4 is 17.5 Å². The van der Waals surface area contributed by atoms with E-state index in [1.54, 1.807) is 12.1 Å². The predicted molar refractivity (Wildman–Crippen MR) is 98.7 cm³/mol. The van der Waals surface area contributed by atoms with E-state index in [0.29, 0.717) is 23.7 Å². The average Bonchev–Trinajstić information content (AvgIpc) is 2.86. The normalized spacial score (nSPS) is 17.1. The van der Waals surface area contributed by atoms with Gasteiger partial charge in [-0.25, -0.2) is 0 Å². The molecule has 1 amide bonds. The number of carbonyl (C=O) groups is 1. The number of likely N-dealkylation sites (tertiary alicyclic amines) is 1. The van der Waals surface area contributed by atoms with Gasteiger partial charge in [0, 0.05) is 6.54 Å². The van der Waals surface area contributed by atoms with E-state index in [-0.39, 0.29) is 5.91 Å². The van der Waals surface area contributed by atoms with E-state index in [0.717, 1.165) is 13.0 Å². The van der Waals surface area contributed by atoms with E-state index in [4.69, 9.17) is 16.3 Å². The molecule has 1 fully saturated rings. The molecule has 1 aliphatic heterocycles. The van der Waals surface area contributed by atoms with Crippen LogP contribution in [0, 0.1) is 0 Å². The number of carbonyl (C=O) groups excluding carboxylic acids is 1. The van der Waals surface area contributed by atoms with Crippen LogP contribution in [0.4, 0.5) is 0 Å². The molecule has 1 aromatic carbocycles. The fourth-order valence-corrected chi connectivity index (χ4v) is 3.18. The molecule has 0 radical (unpaired) electrons. The van der Waals surface area contributed by atoms with Crippen LogP contribution in [-0.4, -0.2) is 43.1 Å². The molecule has 0 spiro atoms. The van der Waals surface area contributed by atoms with Crippen LogP contribution in [0.15, 0.2) is 24.3 Å². The summed E-state index contributed by atoms with van der Waals surface area (Å²) < 4.78 is 5.77. The number of halogens is 1. The molecule has 1 heterocycles. The maximum Gasteiger partial charge on any atom is 0.261 e. The number of amides is 1. The summed E-state index contributed by atoms with van der Waals surface area (Å²) in [7, 11) is 0. The Morgan fingerprint density at radius 1 is 1.25 bits per heavy atom. The fourth-order valence-electron chi connectivity index (χ4n) is 3.00. The predicted octanol–water partition coefficient (Wildman–Crippen LogP) is 3.88. The Bertz CT molecular complexity index is 502. The molecular weight excluding hydrogens is 324 g/mol. The third-order valence-electron chi connectivity index (χ3n) is 4.42. The molecule has 2 rings (SSSR count). The molecule has 5 heteroatoms. The van der Waals surface area contributed by atoms with E-state index in [2.05, 4.69) is 10.2 Å². The second-order valence-electron chi connectivity index (χ2n) is 6.35. The molecule has 4 nitrogen and oxygen atoms in total. The fraction of sp³-hybridized carbons (Fsp3) is 0.632. The highest BCUT2D eigenvalue weighted by Crippen LogP contribution is 2.24. The van der Waals surface area contributed by atoms with Crippen molar-refractivity contribution in [2.24, 2.45) is 0 Å². The van der Waals surface area contributed by atoms with Crippen LogP contribution >= 0.6 is 11.6 Å². The number of hydrogen-bond acceptors (Lipinski definition) is 3. The minimum absolute atomic E-state index is 0.0618. The SMILES string of the molecule is CC[C@H](Oc1ccccc1Cl)C(=O)NCCCN1CCCCCC1. The van der Waals surface area contributed by atoms with Crippen molar-refractivity contribution < 1.29 is 9.53 Å². The highest BCUT2D eigenvalue weighted by molar-refractivity contribution is 6.32. The lowest BCUT2D eigenvalue weighted by Gasteiger charge is -2.21. The van der Waals surface area contributed by atoms with Crippen LogP contribution in [0.1, 0.15) is 45.4 Å². The number of nitrogens with zero attached hydrogens (tertiary/aromatic N) is 1. The van der Waals surface area contributed by atoms with E-state index >= 15 is 0 Å². The number of benzene rings is 1. The van der Waals surface area contributed by atoms with Gasteiger partial charge in [-0.1, -0.05) is 43.5 Å². The van der Waals surface area contributed by atoms with Gasteiger partial charge in [-0.2, -0.15) is 0 Å². The van der Waals surface area contributed by atoms with Gasteiger partial charge in [0.15, 0.2) is 6.10 Å². The summed E-state index contributed by atoms with van der Waals surface area (Å²) in [4.78, 5) is 14.8. The van der Waals surface area contributed by atoms with Crippen LogP contribution in [0.25, 0.3) is 0 Å². The molecule has 1 saturated heterocycles. The number of nitrogens with one attached hydrogen (secondary N) is 1. The van der Waals surface area contributed by atoms with Crippen LogP contribution in [-0.2, 0) is 4.79 Å². The Hall–Kier alpha value is -1.26. The number of rotatable bonds is 8. The molecule has 0 bridgehead atoms. The van der Waals surface area contributed by atoms with Gasteiger partial charge >= 0.3 is 0 Å². The topological polar surface area (TPSA) is 41.6 Å². The highest BCUT2D eigenvalue weighted by atomic mass is 35.5. The van der Waals surface area contributed by atoms with E-state index in [9.17, 15) is 4.79 Å². The van der Waals surface area contributed by atoms with Crippen molar-refractivity contribution in [1.82, 2.24) is 10.2 Å². The minimum atomic E-state index is -0.497. The smallest absolute Gasteiger partial charge is 0.261 e. The number of para-hydroxylation sites is 1. The monoisotopic (exact) mass is 352 g/mol. The van der Waals surface area contributed by atoms with Crippen molar-refractivity contribution in [1.29, 1.82) is 0 Å². The Morgan fingerprint density at radius 2 is 1.96 bits per heavy atom. The largest absolute Gasteiger partial charge is 0.479 e. The summed E-state index contributed by atoms with van der Waals surface area (Å²) in [5.74, 6) is 0.499. The Labute approximate surface area is 150 Å². The van der Waals surface area contributed by atoms with Gasteiger partial charge in [-0.15, -0.1) is 0 Å². The molecule has 1 aromatic rings. The first-order valence-corrected chi connectivity index (χ1v) is 9.49. The summed E-state index contributed by atoms with van der Waals surface area (Å²) >= 11 is 6.09. The van der Waals surface area contributed by atoms with Crippen LogP contribution in [0.5, 0.6) is 5.75 Å². The average molecular weight is 353 g/mol. The lowest BCUT2D eigenvalue weighted by Crippen LogP contribution is -2.39. The molecule has 1 N–H and O–H groups in total. The third kappa shape index (κ3) is 6.33. The summed E-state index contributed by atoms with van der Waals surface area (Å²) in [6.07, 6.45) is 6.40. The van der Waals surface area contributed by atoms with Gasteiger partial charge in [0.25, 0.3) is 5.91 Å². The summed E-state index contributed by atoms with van der Waals surface area (Å²) in [6, 6.07) is 7.26. The van der Waals surface area contributed by atoms with E-state index in [1.165, 1.54) is 38.8 Å². The molecule has 0 unspecified atom stereocenters. The van der Waals surface area contributed by atoms with Gasteiger partial charge in [0.2, 0.25) is 0 Å². The van der Waals surface area contributed by atoms with Crippen LogP contribution in [0.2, 0.25) is 5.02 Å². The van der Waals surface area contributed by atoms with E-state index < -0.39 is 6.10 Å². The Kier molecular flexibility index (Phi) is 8.40. The zero-order chi connectivity index (χ0) is 17.2. The quantitative estimate of drug-likeness (QED) is 0.722. The van der Waals surface area contributed by atoms with Crippen molar-refractivity contribution in [3.05, 3.63) is 29.3 Å². The summed E-state index contributed by atoms with van der Waals surface area (Å²) in [5, 5.41) is 3.53. The van der Waals surface area contributed by atoms with Gasteiger partial charge < -0.3 is 15.0 Å². The van der Waals surface area contributed by atoms with Gasteiger partial charge in [-0.05, 0) is 57.5 Å². The highest BCUT2D eigenvalue weighted by Gasteiger charge is 2.19. The summed E-state index contributed by atoms with van der Waals surface area (Å²) in [6.45, 7) is 6.08. The second kappa shape index (κ2) is 10.6. The first-order valence-electron chi connectivity index (χ1n) is 9.12. The number of hydrogen-bond donors (Lipinski definition) is 1. The lowest BCUT2D eigenvalue weighted by atomic mass is 10.2. The molecule has 24 heavy (non-hydrogen) atoms. The maximum absolute atomic E-state index is 12.3.